The average molecular weight is 276 g/mol. The van der Waals surface area contributed by atoms with E-state index in [-0.39, 0.29) is 0 Å². The van der Waals surface area contributed by atoms with Gasteiger partial charge in [-0.05, 0) is 12.8 Å². The van der Waals surface area contributed by atoms with E-state index in [0.29, 0.717) is 18.8 Å². The molecule has 0 atom stereocenters. The lowest BCUT2D eigenvalue weighted by Gasteiger charge is -2.13. The predicted molar refractivity (Wildman–Crippen MR) is 76.7 cm³/mol. The van der Waals surface area contributed by atoms with Crippen LogP contribution >= 0.6 is 0 Å². The topological polar surface area (TPSA) is 88.8 Å². The SMILES string of the molecule is CCCNc1ncnc(NCCc2ncon2)c1CC. The van der Waals surface area contributed by atoms with Crippen molar-refractivity contribution < 1.29 is 4.52 Å². The highest BCUT2D eigenvalue weighted by molar-refractivity contribution is 5.57. The number of nitrogens with one attached hydrogen (secondary N) is 2. The van der Waals surface area contributed by atoms with Crippen molar-refractivity contribution in [1.29, 1.82) is 0 Å². The Morgan fingerprint density at radius 1 is 1.05 bits per heavy atom. The molecule has 0 amide bonds. The van der Waals surface area contributed by atoms with E-state index in [2.05, 4.69) is 44.6 Å². The molecule has 0 aliphatic heterocycles. The number of anilines is 2. The molecule has 2 heterocycles. The van der Waals surface area contributed by atoms with Crippen LogP contribution in [0.25, 0.3) is 0 Å². The maximum atomic E-state index is 4.70. The molecule has 7 heteroatoms. The zero-order valence-corrected chi connectivity index (χ0v) is 11.9. The smallest absolute Gasteiger partial charge is 0.213 e. The molecule has 0 aliphatic rings. The van der Waals surface area contributed by atoms with Crippen molar-refractivity contribution in [2.24, 2.45) is 0 Å². The van der Waals surface area contributed by atoms with Crippen molar-refractivity contribution in [3.05, 3.63) is 24.1 Å². The number of nitrogens with zero attached hydrogens (tertiary/aromatic N) is 4. The molecule has 20 heavy (non-hydrogen) atoms. The number of hydrogen-bond donors (Lipinski definition) is 2. The normalized spacial score (nSPS) is 10.5. The summed E-state index contributed by atoms with van der Waals surface area (Å²) in [5.41, 5.74) is 1.11. The fourth-order valence-electron chi connectivity index (χ4n) is 1.89. The summed E-state index contributed by atoms with van der Waals surface area (Å²) >= 11 is 0. The summed E-state index contributed by atoms with van der Waals surface area (Å²) in [5, 5.41) is 10.4. The van der Waals surface area contributed by atoms with Crippen molar-refractivity contribution in [1.82, 2.24) is 20.1 Å². The van der Waals surface area contributed by atoms with Gasteiger partial charge in [0.05, 0.1) is 0 Å². The van der Waals surface area contributed by atoms with Gasteiger partial charge in [0.1, 0.15) is 18.0 Å². The van der Waals surface area contributed by atoms with Crippen LogP contribution in [0.1, 0.15) is 31.7 Å². The Kier molecular flexibility index (Phi) is 5.28. The van der Waals surface area contributed by atoms with Gasteiger partial charge in [0.2, 0.25) is 6.39 Å². The molecule has 0 radical (unpaired) electrons. The summed E-state index contributed by atoms with van der Waals surface area (Å²) in [4.78, 5) is 12.6. The molecule has 7 nitrogen and oxygen atoms in total. The second-order valence-electron chi connectivity index (χ2n) is 4.35. The van der Waals surface area contributed by atoms with Crippen LogP contribution in [0.5, 0.6) is 0 Å². The van der Waals surface area contributed by atoms with Crippen LogP contribution in [0.4, 0.5) is 11.6 Å². The van der Waals surface area contributed by atoms with Crippen molar-refractivity contribution in [3.63, 3.8) is 0 Å². The van der Waals surface area contributed by atoms with Crippen LogP contribution in [-0.2, 0) is 12.8 Å². The summed E-state index contributed by atoms with van der Waals surface area (Å²) < 4.78 is 4.70. The molecule has 2 aromatic rings. The number of rotatable bonds is 8. The second kappa shape index (κ2) is 7.42. The van der Waals surface area contributed by atoms with Gasteiger partial charge < -0.3 is 15.2 Å². The molecule has 0 saturated heterocycles. The Labute approximate surface area is 118 Å². The maximum Gasteiger partial charge on any atom is 0.213 e. The van der Waals surface area contributed by atoms with Gasteiger partial charge in [-0.25, -0.2) is 9.97 Å². The number of hydrogen-bond acceptors (Lipinski definition) is 7. The minimum Gasteiger partial charge on any atom is -0.370 e. The molecular weight excluding hydrogens is 256 g/mol. The first-order valence-electron chi connectivity index (χ1n) is 6.92. The van der Waals surface area contributed by atoms with Crippen LogP contribution in [0.15, 0.2) is 17.2 Å². The standard InChI is InChI=1S/C13H20N6O/c1-3-6-14-12-10(4-2)13(17-8-16-12)15-7-5-11-18-9-20-19-11/h8-9H,3-7H2,1-2H3,(H2,14,15,16,17). The van der Waals surface area contributed by atoms with Crippen LogP contribution < -0.4 is 10.6 Å². The first kappa shape index (κ1) is 14.2. The van der Waals surface area contributed by atoms with Crippen molar-refractivity contribution in [2.75, 3.05) is 23.7 Å². The van der Waals surface area contributed by atoms with Gasteiger partial charge >= 0.3 is 0 Å². The van der Waals surface area contributed by atoms with Crippen LogP contribution in [0.2, 0.25) is 0 Å². The molecule has 0 aromatic carbocycles. The lowest BCUT2D eigenvalue weighted by atomic mass is 10.2. The Morgan fingerprint density at radius 2 is 1.80 bits per heavy atom. The third-order valence-corrected chi connectivity index (χ3v) is 2.89. The molecule has 0 spiro atoms. The summed E-state index contributed by atoms with van der Waals surface area (Å²) in [6, 6.07) is 0. The van der Waals surface area contributed by atoms with Gasteiger partial charge in [-0.15, -0.1) is 0 Å². The Bertz CT molecular complexity index is 514. The molecule has 0 unspecified atom stereocenters. The highest BCUT2D eigenvalue weighted by Gasteiger charge is 2.09. The highest BCUT2D eigenvalue weighted by Crippen LogP contribution is 2.20. The molecule has 0 saturated carbocycles. The van der Waals surface area contributed by atoms with Gasteiger partial charge in [0.15, 0.2) is 5.82 Å². The van der Waals surface area contributed by atoms with Crippen LogP contribution in [0.3, 0.4) is 0 Å². The molecule has 108 valence electrons. The minimum absolute atomic E-state index is 0.689. The highest BCUT2D eigenvalue weighted by atomic mass is 16.5. The molecule has 2 aromatic heterocycles. The van der Waals surface area contributed by atoms with Crippen molar-refractivity contribution in [3.8, 4) is 0 Å². The zero-order chi connectivity index (χ0) is 14.2. The molecule has 0 bridgehead atoms. The molecular formula is C13H20N6O. The van der Waals surface area contributed by atoms with E-state index in [4.69, 9.17) is 4.52 Å². The average Bonchev–Trinajstić information content (AvgIpc) is 2.98. The van der Waals surface area contributed by atoms with Gasteiger partial charge in [-0.1, -0.05) is 19.0 Å². The van der Waals surface area contributed by atoms with Gasteiger partial charge in [0, 0.05) is 25.1 Å². The fraction of sp³-hybridized carbons (Fsp3) is 0.538. The van der Waals surface area contributed by atoms with E-state index in [1.807, 2.05) is 0 Å². The van der Waals surface area contributed by atoms with E-state index in [1.54, 1.807) is 6.33 Å². The Morgan fingerprint density at radius 3 is 2.40 bits per heavy atom. The maximum absolute atomic E-state index is 4.70. The third kappa shape index (κ3) is 3.66. The van der Waals surface area contributed by atoms with Crippen molar-refractivity contribution >= 4 is 11.6 Å². The van der Waals surface area contributed by atoms with E-state index >= 15 is 0 Å². The fourth-order valence-corrected chi connectivity index (χ4v) is 1.89. The van der Waals surface area contributed by atoms with E-state index < -0.39 is 0 Å². The number of aromatic nitrogens is 4. The van der Waals surface area contributed by atoms with Gasteiger partial charge in [-0.3, -0.25) is 0 Å². The molecule has 2 rings (SSSR count). The minimum atomic E-state index is 0.689. The Balaban J connectivity index is 1.99. The van der Waals surface area contributed by atoms with Crippen molar-refractivity contribution in [2.45, 2.75) is 33.1 Å². The summed E-state index contributed by atoms with van der Waals surface area (Å²) in [7, 11) is 0. The molecule has 0 fully saturated rings. The summed E-state index contributed by atoms with van der Waals surface area (Å²) in [6.45, 7) is 5.84. The van der Waals surface area contributed by atoms with E-state index in [1.165, 1.54) is 6.39 Å². The van der Waals surface area contributed by atoms with E-state index in [9.17, 15) is 0 Å². The van der Waals surface area contributed by atoms with Gasteiger partial charge in [0.25, 0.3) is 0 Å². The van der Waals surface area contributed by atoms with Crippen LogP contribution in [0, 0.1) is 0 Å². The first-order chi connectivity index (χ1) is 9.85. The summed E-state index contributed by atoms with van der Waals surface area (Å²) in [5.74, 6) is 2.46. The zero-order valence-electron chi connectivity index (χ0n) is 11.9. The quantitative estimate of drug-likeness (QED) is 0.761. The predicted octanol–water partition coefficient (Wildman–Crippen LogP) is 1.90. The monoisotopic (exact) mass is 276 g/mol. The van der Waals surface area contributed by atoms with Crippen LogP contribution in [-0.4, -0.2) is 33.2 Å². The lowest BCUT2D eigenvalue weighted by molar-refractivity contribution is 0.410. The lowest BCUT2D eigenvalue weighted by Crippen LogP contribution is -2.12. The largest absolute Gasteiger partial charge is 0.370 e. The Hall–Kier alpha value is -2.18. The molecule has 2 N–H and O–H groups in total. The van der Waals surface area contributed by atoms with E-state index in [0.717, 1.165) is 36.6 Å². The van der Waals surface area contributed by atoms with Gasteiger partial charge in [-0.2, -0.15) is 4.98 Å². The first-order valence-corrected chi connectivity index (χ1v) is 6.92. The molecule has 0 aliphatic carbocycles. The summed E-state index contributed by atoms with van der Waals surface area (Å²) in [6.07, 6.45) is 5.55. The second-order valence-corrected chi connectivity index (χ2v) is 4.35. The third-order valence-electron chi connectivity index (χ3n) is 2.89.